The van der Waals surface area contributed by atoms with Crippen LogP contribution in [0.25, 0.3) is 0 Å². The van der Waals surface area contributed by atoms with Crippen molar-refractivity contribution in [2.24, 2.45) is 51.0 Å². The second kappa shape index (κ2) is 41.0. The molecule has 2 heterocycles. The highest BCUT2D eigenvalue weighted by molar-refractivity contribution is 7.98. The Morgan fingerprint density at radius 1 is 0.537 bits per heavy atom. The summed E-state index contributed by atoms with van der Waals surface area (Å²) >= 11 is 1.51. The third kappa shape index (κ3) is 27.5. The number of nitrogens with zero attached hydrogens (tertiary/aromatic N) is 3. The van der Waals surface area contributed by atoms with Gasteiger partial charge in [-0.05, 0) is 119 Å². The molecule has 0 spiro atoms. The first kappa shape index (κ1) is 78.5. The van der Waals surface area contributed by atoms with Crippen LogP contribution in [0.4, 0.5) is 0 Å². The molecule has 31 nitrogen and oxygen atoms in total. The zero-order valence-electron chi connectivity index (χ0n) is 54.5. The summed E-state index contributed by atoms with van der Waals surface area (Å²) < 4.78 is 0. The minimum atomic E-state index is -1.64. The zero-order valence-corrected chi connectivity index (χ0v) is 55.3. The van der Waals surface area contributed by atoms with Crippen molar-refractivity contribution in [2.75, 3.05) is 44.7 Å². The maximum absolute atomic E-state index is 14.8. The summed E-state index contributed by atoms with van der Waals surface area (Å²) in [6.07, 6.45) is 2.89. The van der Waals surface area contributed by atoms with Crippen LogP contribution in [0.1, 0.15) is 121 Å². The van der Waals surface area contributed by atoms with E-state index < -0.39 is 163 Å². The predicted octanol–water partition coefficient (Wildman–Crippen LogP) is -3.71. The summed E-state index contributed by atoms with van der Waals surface area (Å²) in [5.74, 6) is -9.71. The van der Waals surface area contributed by atoms with Gasteiger partial charge in [0, 0.05) is 45.3 Å². The van der Waals surface area contributed by atoms with Crippen molar-refractivity contribution in [3.05, 3.63) is 71.8 Å². The molecule has 2 aliphatic heterocycles. The lowest BCUT2D eigenvalue weighted by Crippen LogP contribution is -2.60. The highest BCUT2D eigenvalue weighted by atomic mass is 32.2. The van der Waals surface area contributed by atoms with Crippen molar-refractivity contribution in [2.45, 2.75) is 183 Å². The monoisotopic (exact) mass is 1350 g/mol. The van der Waals surface area contributed by atoms with E-state index in [2.05, 4.69) is 47.5 Å². The smallest absolute Gasteiger partial charge is 0.245 e. The largest absolute Gasteiger partial charge is 0.370 e. The Labute approximate surface area is 558 Å². The molecule has 524 valence electrons. The Morgan fingerprint density at radius 3 is 1.49 bits per heavy atom. The van der Waals surface area contributed by atoms with E-state index in [0.717, 1.165) is 0 Å². The van der Waals surface area contributed by atoms with Crippen molar-refractivity contribution in [1.82, 2.24) is 52.3 Å². The van der Waals surface area contributed by atoms with Crippen LogP contribution in [0.3, 0.4) is 0 Å². The molecule has 0 aromatic heterocycles. The molecule has 2 saturated heterocycles. The Morgan fingerprint density at radius 2 is 1.00 bits per heavy atom. The van der Waals surface area contributed by atoms with E-state index in [0.29, 0.717) is 55.4 Å². The van der Waals surface area contributed by atoms with Gasteiger partial charge in [-0.1, -0.05) is 74.5 Å². The van der Waals surface area contributed by atoms with Gasteiger partial charge in [-0.3, -0.25) is 67.3 Å². The third-order valence-electron chi connectivity index (χ3n) is 16.0. The van der Waals surface area contributed by atoms with Crippen LogP contribution in [0, 0.1) is 5.92 Å². The minimum Gasteiger partial charge on any atom is -0.370 e. The Balaban J connectivity index is 1.58. The number of carbonyl (C=O) groups excluding carboxylic acids is 13. The van der Waals surface area contributed by atoms with Gasteiger partial charge < -0.3 is 92.5 Å². The first-order valence-electron chi connectivity index (χ1n) is 32.2. The van der Waals surface area contributed by atoms with Gasteiger partial charge in [0.25, 0.3) is 0 Å². The van der Waals surface area contributed by atoms with Gasteiger partial charge in [-0.2, -0.15) is 11.8 Å². The zero-order chi connectivity index (χ0) is 70.1. The summed E-state index contributed by atoms with van der Waals surface area (Å²) in [7, 11) is 0. The maximum Gasteiger partial charge on any atom is 0.245 e. The average Bonchev–Trinajstić information content (AvgIpc) is 1.74. The topological polar surface area (TPSA) is 519 Å². The number of carbonyl (C=O) groups is 13. The van der Waals surface area contributed by atoms with E-state index in [9.17, 15) is 62.3 Å². The summed E-state index contributed by atoms with van der Waals surface area (Å²) in [4.78, 5) is 185. The lowest BCUT2D eigenvalue weighted by Gasteiger charge is -2.32. The molecule has 32 heteroatoms. The number of nitrogens with two attached hydrogens (primary N) is 7. The first-order valence-corrected chi connectivity index (χ1v) is 33.6. The number of hydrogen-bond donors (Lipinski definition) is 15. The Bertz CT molecular complexity index is 2960. The molecule has 2 aromatic carbocycles. The van der Waals surface area contributed by atoms with Gasteiger partial charge in [0.1, 0.15) is 54.4 Å². The van der Waals surface area contributed by atoms with Crippen molar-refractivity contribution >= 4 is 94.5 Å². The molecule has 2 aromatic rings. The highest BCUT2D eigenvalue weighted by Crippen LogP contribution is 2.24. The summed E-state index contributed by atoms with van der Waals surface area (Å²) in [6, 6.07) is 4.55. The molecule has 95 heavy (non-hydrogen) atoms. The number of guanidine groups is 1. The number of unbranched alkanes of at least 4 members (excludes halogenated alkanes) is 1. The number of aliphatic imine (C=N–C) groups is 1. The van der Waals surface area contributed by atoms with Gasteiger partial charge in [0.05, 0.1) is 12.6 Å². The van der Waals surface area contributed by atoms with Gasteiger partial charge in [0.15, 0.2) is 5.96 Å². The Hall–Kier alpha value is -8.91. The van der Waals surface area contributed by atoms with E-state index >= 15 is 0 Å². The SMILES string of the molecule is CSCC[C@H](N)C(=O)N[C@@H](CC(C)C)C(=O)NCC(=O)N[C@@H](Cc1ccccc1)C(=O)N[C@@H](Cc1ccccc1)C(=O)N[C@@H](CCC(N)=O)C(=O)N[C@@H](CCC(N)=O)C(=O)N1CCC[C@H]1C(=O)N[C@@H](CCCCN)C(=O)N1CCC[C@H]1C(=O)N[C@@H](CCCN=C(N)N)C(N)=O. The molecule has 0 saturated carbocycles. The quantitative estimate of drug-likeness (QED) is 0.0173. The lowest BCUT2D eigenvalue weighted by molar-refractivity contribution is -0.145. The predicted molar refractivity (Wildman–Crippen MR) is 356 cm³/mol. The van der Waals surface area contributed by atoms with Crippen molar-refractivity contribution < 1.29 is 62.3 Å². The standard InChI is InChI=1S/C63H98N18O13S/c1-37(2)33-45(78-54(86)40(65)27-32-95-3)55(87)72-36-52(84)73-46(34-38-15-6-4-7-16-38)57(89)79-47(35-39-17-8-5-9-18-39)58(90)75-42(23-25-50(66)82)56(88)76-44(24-26-51(67)83)62(94)81-31-14-22-49(81)60(92)77-43(19-10-11-28-64)61(93)80-30-13-21-48(80)59(91)74-41(53(68)85)20-12-29-71-63(69)70/h4-9,15-18,37,40-49H,10-14,19-36,64-65H2,1-3H3,(H2,66,82)(H2,67,83)(H2,68,85)(H,72,87)(H,73,84)(H,74,91)(H,75,90)(H,76,88)(H,77,92)(H,78,86)(H,79,89)(H4,69,70,71)/t40-,41-,42-,43-,44-,45-,46-,47-,48-,49-/m0/s1. The van der Waals surface area contributed by atoms with E-state index in [1.165, 1.54) is 21.6 Å². The number of hydrogen-bond acceptors (Lipinski definition) is 17. The number of primary amides is 3. The Kier molecular flexibility index (Phi) is 33.9. The second-order valence-corrected chi connectivity index (χ2v) is 25.1. The molecule has 22 N–H and O–H groups in total. The van der Waals surface area contributed by atoms with Gasteiger partial charge >= 0.3 is 0 Å². The number of nitrogens with one attached hydrogen (secondary N) is 8. The highest BCUT2D eigenvalue weighted by Gasteiger charge is 2.43. The van der Waals surface area contributed by atoms with E-state index in [1.54, 1.807) is 60.7 Å². The van der Waals surface area contributed by atoms with E-state index in [1.807, 2.05) is 20.1 Å². The molecule has 2 fully saturated rings. The number of rotatable bonds is 42. The van der Waals surface area contributed by atoms with Gasteiger partial charge in [0.2, 0.25) is 76.8 Å². The fourth-order valence-electron chi connectivity index (χ4n) is 11.0. The summed E-state index contributed by atoms with van der Waals surface area (Å²) in [5, 5.41) is 21.2. The van der Waals surface area contributed by atoms with Gasteiger partial charge in [-0.15, -0.1) is 0 Å². The van der Waals surface area contributed by atoms with Crippen LogP contribution in [-0.2, 0) is 75.2 Å². The minimum absolute atomic E-state index is 0.0111. The van der Waals surface area contributed by atoms with Crippen LogP contribution in [-0.4, -0.2) is 198 Å². The van der Waals surface area contributed by atoms with E-state index in [4.69, 9.17) is 40.1 Å². The van der Waals surface area contributed by atoms with Crippen molar-refractivity contribution in [1.29, 1.82) is 0 Å². The van der Waals surface area contributed by atoms with E-state index in [-0.39, 0.29) is 89.4 Å². The van der Waals surface area contributed by atoms with Crippen molar-refractivity contribution in [3.63, 3.8) is 0 Å². The molecular formula is C63H98N18O13S. The molecule has 4 rings (SSSR count). The molecule has 13 amide bonds. The molecule has 0 bridgehead atoms. The van der Waals surface area contributed by atoms with Crippen LogP contribution >= 0.6 is 11.8 Å². The van der Waals surface area contributed by atoms with Crippen molar-refractivity contribution in [3.8, 4) is 0 Å². The average molecular weight is 1350 g/mol. The molecular weight excluding hydrogens is 1250 g/mol. The maximum atomic E-state index is 14.8. The fraction of sp³-hybridized carbons (Fsp3) is 0.587. The third-order valence-corrected chi connectivity index (χ3v) is 16.7. The molecule has 0 radical (unpaired) electrons. The van der Waals surface area contributed by atoms with Crippen LogP contribution in [0.5, 0.6) is 0 Å². The van der Waals surface area contributed by atoms with Crippen LogP contribution < -0.4 is 82.7 Å². The number of benzene rings is 2. The fourth-order valence-corrected chi connectivity index (χ4v) is 11.5. The molecule has 10 atom stereocenters. The molecule has 2 aliphatic rings. The summed E-state index contributed by atoms with van der Waals surface area (Å²) in [6.45, 7) is 3.66. The van der Waals surface area contributed by atoms with Crippen LogP contribution in [0.15, 0.2) is 65.7 Å². The second-order valence-electron chi connectivity index (χ2n) is 24.1. The molecule has 0 unspecified atom stereocenters. The number of likely N-dealkylation sites (tertiary alicyclic amines) is 2. The number of amides is 13. The van der Waals surface area contributed by atoms with Crippen LogP contribution in [0.2, 0.25) is 0 Å². The first-order chi connectivity index (χ1) is 45.2. The normalized spacial score (nSPS) is 16.8. The number of thioether (sulfide) groups is 1. The van der Waals surface area contributed by atoms with Gasteiger partial charge in [-0.25, -0.2) is 0 Å². The lowest BCUT2D eigenvalue weighted by atomic mass is 10.0. The molecule has 0 aliphatic carbocycles. The summed E-state index contributed by atoms with van der Waals surface area (Å²) in [5.41, 5.74) is 40.6.